The number of fused-ring (bicyclic) bond motifs is 2. The van der Waals surface area contributed by atoms with E-state index in [2.05, 4.69) is 39.9 Å². The summed E-state index contributed by atoms with van der Waals surface area (Å²) in [6.07, 6.45) is 3.83. The third-order valence-corrected chi connectivity index (χ3v) is 5.35. The van der Waals surface area contributed by atoms with Gasteiger partial charge in [-0.25, -0.2) is 0 Å². The Labute approximate surface area is 118 Å². The zero-order chi connectivity index (χ0) is 14.3. The Bertz CT molecular complexity index is 311. The van der Waals surface area contributed by atoms with Gasteiger partial charge in [-0.2, -0.15) is 0 Å². The van der Waals surface area contributed by atoms with E-state index in [-0.39, 0.29) is 5.41 Å². The van der Waals surface area contributed by atoms with Gasteiger partial charge >= 0.3 is 0 Å². The van der Waals surface area contributed by atoms with Gasteiger partial charge in [-0.05, 0) is 36.0 Å². The highest BCUT2D eigenvalue weighted by Crippen LogP contribution is 2.63. The highest BCUT2D eigenvalue weighted by atomic mass is 16.5. The summed E-state index contributed by atoms with van der Waals surface area (Å²) in [5.74, 6) is 0.799. The van der Waals surface area contributed by atoms with Gasteiger partial charge in [0.05, 0.1) is 18.8 Å². The molecule has 0 aromatic heterocycles. The first kappa shape index (κ1) is 15.3. The minimum atomic E-state index is -0.402. The Morgan fingerprint density at radius 1 is 1.32 bits per heavy atom. The van der Waals surface area contributed by atoms with Crippen LogP contribution in [-0.4, -0.2) is 36.5 Å². The van der Waals surface area contributed by atoms with Crippen molar-refractivity contribution in [3.05, 3.63) is 0 Å². The van der Waals surface area contributed by atoms with Crippen molar-refractivity contribution < 1.29 is 9.84 Å². The molecule has 0 radical (unpaired) electrons. The first-order chi connectivity index (χ1) is 8.75. The Kier molecular flexibility index (Phi) is 4.29. The molecular weight excluding hydrogens is 238 g/mol. The van der Waals surface area contributed by atoms with E-state index >= 15 is 0 Å². The van der Waals surface area contributed by atoms with Crippen LogP contribution in [0.15, 0.2) is 0 Å². The van der Waals surface area contributed by atoms with Crippen LogP contribution in [-0.2, 0) is 4.74 Å². The molecule has 3 nitrogen and oxygen atoms in total. The lowest BCUT2D eigenvalue weighted by molar-refractivity contribution is -0.110. The van der Waals surface area contributed by atoms with Crippen molar-refractivity contribution in [2.24, 2.45) is 16.7 Å². The molecule has 3 heteroatoms. The summed E-state index contributed by atoms with van der Waals surface area (Å²) in [7, 11) is 0. The highest BCUT2D eigenvalue weighted by molar-refractivity contribution is 5.09. The first-order valence-corrected chi connectivity index (χ1v) is 7.79. The summed E-state index contributed by atoms with van der Waals surface area (Å²) >= 11 is 0. The van der Waals surface area contributed by atoms with Crippen LogP contribution < -0.4 is 5.32 Å². The molecule has 2 saturated carbocycles. The van der Waals surface area contributed by atoms with Gasteiger partial charge in [0.15, 0.2) is 0 Å². The fourth-order valence-electron chi connectivity index (χ4n) is 4.31. The number of hydrogen-bond donors (Lipinski definition) is 2. The molecule has 0 saturated heterocycles. The van der Waals surface area contributed by atoms with E-state index in [0.717, 1.165) is 5.92 Å². The summed E-state index contributed by atoms with van der Waals surface area (Å²) in [6, 6.07) is 0.408. The van der Waals surface area contributed by atoms with Crippen LogP contribution in [0.3, 0.4) is 0 Å². The second-order valence-corrected chi connectivity index (χ2v) is 7.85. The predicted molar refractivity (Wildman–Crippen MR) is 78.1 cm³/mol. The van der Waals surface area contributed by atoms with Gasteiger partial charge < -0.3 is 15.2 Å². The zero-order valence-corrected chi connectivity index (χ0v) is 13.2. The van der Waals surface area contributed by atoms with Crippen LogP contribution in [0.5, 0.6) is 0 Å². The monoisotopic (exact) mass is 269 g/mol. The van der Waals surface area contributed by atoms with Crippen molar-refractivity contribution in [3.8, 4) is 0 Å². The van der Waals surface area contributed by atoms with Gasteiger partial charge in [-0.15, -0.1) is 0 Å². The van der Waals surface area contributed by atoms with E-state index < -0.39 is 6.10 Å². The molecule has 0 amide bonds. The van der Waals surface area contributed by atoms with Crippen molar-refractivity contribution in [3.63, 3.8) is 0 Å². The molecule has 0 aromatic carbocycles. The molecule has 0 spiro atoms. The number of rotatable bonds is 6. The fraction of sp³-hybridized carbons (Fsp3) is 1.00. The fourth-order valence-corrected chi connectivity index (χ4v) is 4.31. The van der Waals surface area contributed by atoms with Crippen LogP contribution in [0.25, 0.3) is 0 Å². The lowest BCUT2D eigenvalue weighted by atomic mass is 9.70. The number of aliphatic hydroxyl groups excluding tert-OH is 1. The van der Waals surface area contributed by atoms with Gasteiger partial charge in [-0.1, -0.05) is 34.6 Å². The summed E-state index contributed by atoms with van der Waals surface area (Å²) in [4.78, 5) is 0. The lowest BCUT2D eigenvalue weighted by Gasteiger charge is -2.42. The highest BCUT2D eigenvalue weighted by Gasteiger charge is 2.60. The average molecular weight is 269 g/mol. The SMILES string of the molecule is CC(C)NC[C@@H](O)CO[C@H]1C(C)(C)[C@H]2CC[C@@]1(C)C2. The molecule has 112 valence electrons. The van der Waals surface area contributed by atoms with Crippen molar-refractivity contribution >= 4 is 0 Å². The molecule has 2 aliphatic rings. The molecule has 0 aromatic rings. The third-order valence-electron chi connectivity index (χ3n) is 5.35. The van der Waals surface area contributed by atoms with E-state index in [1.54, 1.807) is 0 Å². The van der Waals surface area contributed by atoms with Crippen LogP contribution in [0, 0.1) is 16.7 Å². The molecule has 0 heterocycles. The molecule has 2 N–H and O–H groups in total. The lowest BCUT2D eigenvalue weighted by Crippen LogP contribution is -2.44. The normalized spacial score (nSPS) is 38.1. The topological polar surface area (TPSA) is 41.5 Å². The zero-order valence-electron chi connectivity index (χ0n) is 13.2. The molecule has 2 fully saturated rings. The Balaban J connectivity index is 1.85. The predicted octanol–water partition coefficient (Wildman–Crippen LogP) is 2.58. The van der Waals surface area contributed by atoms with E-state index in [9.17, 15) is 5.11 Å². The summed E-state index contributed by atoms with van der Waals surface area (Å²) in [5.41, 5.74) is 0.595. The van der Waals surface area contributed by atoms with E-state index in [4.69, 9.17) is 4.74 Å². The molecular formula is C16H31NO2. The van der Waals surface area contributed by atoms with Crippen LogP contribution in [0.4, 0.5) is 0 Å². The molecule has 2 bridgehead atoms. The minimum Gasteiger partial charge on any atom is -0.389 e. The van der Waals surface area contributed by atoms with Crippen LogP contribution >= 0.6 is 0 Å². The smallest absolute Gasteiger partial charge is 0.0897 e. The third kappa shape index (κ3) is 2.98. The van der Waals surface area contributed by atoms with Crippen LogP contribution in [0.1, 0.15) is 53.9 Å². The van der Waals surface area contributed by atoms with Gasteiger partial charge in [0.2, 0.25) is 0 Å². The molecule has 2 rings (SSSR count). The average Bonchev–Trinajstić information content (AvgIpc) is 2.77. The first-order valence-electron chi connectivity index (χ1n) is 7.79. The molecule has 4 atom stereocenters. The maximum absolute atomic E-state index is 10.00. The van der Waals surface area contributed by atoms with Gasteiger partial charge in [-0.3, -0.25) is 0 Å². The Morgan fingerprint density at radius 3 is 2.53 bits per heavy atom. The van der Waals surface area contributed by atoms with Crippen molar-refractivity contribution in [2.75, 3.05) is 13.2 Å². The molecule has 2 aliphatic carbocycles. The number of hydrogen-bond acceptors (Lipinski definition) is 3. The molecule has 19 heavy (non-hydrogen) atoms. The second kappa shape index (κ2) is 5.34. The summed E-state index contributed by atoms with van der Waals surface area (Å²) in [5, 5.41) is 13.3. The molecule has 0 unspecified atom stereocenters. The van der Waals surface area contributed by atoms with Crippen molar-refractivity contribution in [2.45, 2.75) is 72.1 Å². The largest absolute Gasteiger partial charge is 0.389 e. The van der Waals surface area contributed by atoms with E-state index in [0.29, 0.717) is 30.7 Å². The van der Waals surface area contributed by atoms with E-state index in [1.807, 2.05) is 0 Å². The van der Waals surface area contributed by atoms with Crippen LogP contribution in [0.2, 0.25) is 0 Å². The van der Waals surface area contributed by atoms with Crippen molar-refractivity contribution in [1.82, 2.24) is 5.32 Å². The van der Waals surface area contributed by atoms with Gasteiger partial charge in [0.1, 0.15) is 0 Å². The minimum absolute atomic E-state index is 0.262. The van der Waals surface area contributed by atoms with E-state index in [1.165, 1.54) is 19.3 Å². The Hall–Kier alpha value is -0.120. The number of ether oxygens (including phenoxy) is 1. The standard InChI is InChI=1S/C16H31NO2/c1-11(2)17-9-13(18)10-19-14-15(3,4)12-6-7-16(14,5)8-12/h11-14,17-18H,6-10H2,1-5H3/t12-,13+,14-,16-/m0/s1. The maximum atomic E-state index is 10.00. The summed E-state index contributed by atoms with van der Waals surface area (Å²) in [6.45, 7) is 12.3. The molecule has 0 aliphatic heterocycles. The number of aliphatic hydroxyl groups is 1. The quantitative estimate of drug-likeness (QED) is 0.779. The van der Waals surface area contributed by atoms with Crippen molar-refractivity contribution in [1.29, 1.82) is 0 Å². The maximum Gasteiger partial charge on any atom is 0.0897 e. The van der Waals surface area contributed by atoms with Gasteiger partial charge in [0, 0.05) is 12.6 Å². The second-order valence-electron chi connectivity index (χ2n) is 7.85. The van der Waals surface area contributed by atoms with Gasteiger partial charge in [0.25, 0.3) is 0 Å². The summed E-state index contributed by atoms with van der Waals surface area (Å²) < 4.78 is 6.16. The Morgan fingerprint density at radius 2 is 2.00 bits per heavy atom. The number of nitrogens with one attached hydrogen (secondary N) is 1.